The number of anilines is 1. The number of hydroxylamine groups is 1. The SMILES string of the molecule is CC(C)C[C@H](CC(=O)NO)C(=O)N[C@@H](C)C(=O)N[C@@H](C)C(=O)Nc1cccc2ccccc12. The van der Waals surface area contributed by atoms with E-state index in [1.165, 1.54) is 12.4 Å². The number of fused-ring (bicyclic) bond motifs is 1. The molecule has 3 atom stereocenters. The first kappa shape index (κ1) is 25.8. The van der Waals surface area contributed by atoms with Gasteiger partial charge in [-0.1, -0.05) is 50.2 Å². The zero-order valence-electron chi connectivity index (χ0n) is 19.3. The van der Waals surface area contributed by atoms with Crippen LogP contribution in [0.1, 0.15) is 40.5 Å². The summed E-state index contributed by atoms with van der Waals surface area (Å²) in [5.41, 5.74) is 2.16. The van der Waals surface area contributed by atoms with Crippen molar-refractivity contribution in [2.24, 2.45) is 11.8 Å². The van der Waals surface area contributed by atoms with E-state index in [9.17, 15) is 19.2 Å². The fourth-order valence-corrected chi connectivity index (χ4v) is 3.50. The van der Waals surface area contributed by atoms with Gasteiger partial charge >= 0.3 is 0 Å². The molecule has 178 valence electrons. The Morgan fingerprint density at radius 1 is 0.818 bits per heavy atom. The molecule has 9 nitrogen and oxygen atoms in total. The summed E-state index contributed by atoms with van der Waals surface area (Å²) in [6, 6.07) is 11.4. The van der Waals surface area contributed by atoms with E-state index >= 15 is 0 Å². The molecule has 2 aromatic carbocycles. The van der Waals surface area contributed by atoms with Crippen molar-refractivity contribution in [2.45, 2.75) is 52.6 Å². The van der Waals surface area contributed by atoms with Crippen LogP contribution in [0.25, 0.3) is 10.8 Å². The summed E-state index contributed by atoms with van der Waals surface area (Å²) >= 11 is 0. The first-order valence-electron chi connectivity index (χ1n) is 10.9. The number of rotatable bonds is 10. The van der Waals surface area contributed by atoms with Gasteiger partial charge in [0.1, 0.15) is 12.1 Å². The standard InChI is InChI=1S/C24H32N4O5/c1-14(2)12-18(13-21(29)28-33)24(32)26-15(3)22(30)25-16(4)23(31)27-20-11-7-9-17-8-5-6-10-19(17)20/h5-11,14-16,18,33H,12-13H2,1-4H3,(H,25,30)(H,26,32)(H,27,31)(H,28,29)/t15-,16-,18+/m0/s1. The minimum absolute atomic E-state index is 0.133. The van der Waals surface area contributed by atoms with E-state index in [0.29, 0.717) is 12.1 Å². The number of hydrogen-bond acceptors (Lipinski definition) is 5. The predicted molar refractivity (Wildman–Crippen MR) is 125 cm³/mol. The lowest BCUT2D eigenvalue weighted by molar-refractivity contribution is -0.136. The quantitative estimate of drug-likeness (QED) is 0.276. The van der Waals surface area contributed by atoms with Gasteiger partial charge in [-0.2, -0.15) is 0 Å². The maximum absolute atomic E-state index is 12.6. The van der Waals surface area contributed by atoms with Gasteiger partial charge in [0.2, 0.25) is 23.6 Å². The van der Waals surface area contributed by atoms with Crippen LogP contribution >= 0.6 is 0 Å². The Morgan fingerprint density at radius 2 is 1.42 bits per heavy atom. The third-order valence-electron chi connectivity index (χ3n) is 5.23. The number of carbonyl (C=O) groups is 4. The van der Waals surface area contributed by atoms with Gasteiger partial charge in [-0.05, 0) is 37.6 Å². The van der Waals surface area contributed by atoms with Crippen LogP contribution < -0.4 is 21.4 Å². The van der Waals surface area contributed by atoms with E-state index in [4.69, 9.17) is 5.21 Å². The molecule has 0 saturated carbocycles. The number of nitrogens with one attached hydrogen (secondary N) is 4. The van der Waals surface area contributed by atoms with Crippen molar-refractivity contribution in [2.75, 3.05) is 5.32 Å². The van der Waals surface area contributed by atoms with Crippen molar-refractivity contribution < 1.29 is 24.4 Å². The molecule has 9 heteroatoms. The van der Waals surface area contributed by atoms with Gasteiger partial charge in [0, 0.05) is 23.4 Å². The van der Waals surface area contributed by atoms with Crippen LogP contribution in [0.2, 0.25) is 0 Å². The zero-order valence-corrected chi connectivity index (χ0v) is 19.3. The molecule has 0 aliphatic heterocycles. The van der Waals surface area contributed by atoms with Gasteiger partial charge in [-0.3, -0.25) is 24.4 Å². The normalized spacial score (nSPS) is 13.6. The molecule has 0 unspecified atom stereocenters. The Labute approximate surface area is 193 Å². The summed E-state index contributed by atoms with van der Waals surface area (Å²) in [7, 11) is 0. The van der Waals surface area contributed by atoms with Gasteiger partial charge < -0.3 is 16.0 Å². The lowest BCUT2D eigenvalue weighted by Crippen LogP contribution is -2.51. The lowest BCUT2D eigenvalue weighted by Gasteiger charge is -2.22. The van der Waals surface area contributed by atoms with Crippen LogP contribution in [-0.2, 0) is 19.2 Å². The summed E-state index contributed by atoms with van der Waals surface area (Å²) < 4.78 is 0. The van der Waals surface area contributed by atoms with E-state index in [-0.39, 0.29) is 12.3 Å². The largest absolute Gasteiger partial charge is 0.344 e. The molecule has 2 aromatic rings. The first-order valence-corrected chi connectivity index (χ1v) is 10.9. The fraction of sp³-hybridized carbons (Fsp3) is 0.417. The topological polar surface area (TPSA) is 137 Å². The van der Waals surface area contributed by atoms with Crippen LogP contribution in [0.3, 0.4) is 0 Å². The molecule has 0 fully saturated rings. The molecule has 4 amide bonds. The summed E-state index contributed by atoms with van der Waals surface area (Å²) in [5, 5.41) is 18.6. The van der Waals surface area contributed by atoms with Gasteiger partial charge in [0.15, 0.2) is 0 Å². The highest BCUT2D eigenvalue weighted by atomic mass is 16.5. The average molecular weight is 457 g/mol. The van der Waals surface area contributed by atoms with Gasteiger partial charge in [0.25, 0.3) is 0 Å². The minimum atomic E-state index is -0.919. The molecule has 0 saturated heterocycles. The predicted octanol–water partition coefficient (Wildman–Crippen LogP) is 2.35. The maximum atomic E-state index is 12.6. The van der Waals surface area contributed by atoms with Gasteiger partial charge in [-0.25, -0.2) is 5.48 Å². The molecule has 0 heterocycles. The van der Waals surface area contributed by atoms with Crippen LogP contribution in [0.5, 0.6) is 0 Å². The van der Waals surface area contributed by atoms with Crippen LogP contribution in [0.4, 0.5) is 5.69 Å². The highest BCUT2D eigenvalue weighted by Crippen LogP contribution is 2.23. The minimum Gasteiger partial charge on any atom is -0.344 e. The summed E-state index contributed by atoms with van der Waals surface area (Å²) in [6.45, 7) is 6.87. The molecule has 2 rings (SSSR count). The number of carbonyl (C=O) groups excluding carboxylic acids is 4. The lowest BCUT2D eigenvalue weighted by atomic mass is 9.93. The van der Waals surface area contributed by atoms with Crippen LogP contribution in [-0.4, -0.2) is 40.9 Å². The molecule has 0 aliphatic carbocycles. The van der Waals surface area contributed by atoms with Crippen molar-refractivity contribution in [3.63, 3.8) is 0 Å². The Bertz CT molecular complexity index is 1000. The summed E-state index contributed by atoms with van der Waals surface area (Å²) in [4.78, 5) is 49.3. The second-order valence-corrected chi connectivity index (χ2v) is 8.54. The Balaban J connectivity index is 1.96. The van der Waals surface area contributed by atoms with E-state index in [2.05, 4.69) is 16.0 Å². The second-order valence-electron chi connectivity index (χ2n) is 8.54. The first-order chi connectivity index (χ1) is 15.6. The molecule has 0 bridgehead atoms. The van der Waals surface area contributed by atoms with Crippen molar-refractivity contribution in [1.82, 2.24) is 16.1 Å². The van der Waals surface area contributed by atoms with Crippen LogP contribution in [0.15, 0.2) is 42.5 Å². The van der Waals surface area contributed by atoms with Crippen molar-refractivity contribution in [3.05, 3.63) is 42.5 Å². The molecule has 0 aliphatic rings. The average Bonchev–Trinajstić information content (AvgIpc) is 2.78. The number of hydrogen-bond donors (Lipinski definition) is 5. The smallest absolute Gasteiger partial charge is 0.246 e. The molecule has 0 aromatic heterocycles. The molecular weight excluding hydrogens is 424 g/mol. The fourth-order valence-electron chi connectivity index (χ4n) is 3.50. The number of amides is 4. The van der Waals surface area contributed by atoms with E-state index in [1.807, 2.05) is 50.2 Å². The maximum Gasteiger partial charge on any atom is 0.246 e. The second kappa shape index (κ2) is 12.0. The Kier molecular flexibility index (Phi) is 9.35. The van der Waals surface area contributed by atoms with E-state index in [1.54, 1.807) is 13.0 Å². The van der Waals surface area contributed by atoms with Crippen LogP contribution in [0, 0.1) is 11.8 Å². The van der Waals surface area contributed by atoms with Crippen molar-refractivity contribution >= 4 is 40.1 Å². The zero-order chi connectivity index (χ0) is 24.5. The highest BCUT2D eigenvalue weighted by molar-refractivity contribution is 6.04. The monoisotopic (exact) mass is 456 g/mol. The summed E-state index contributed by atoms with van der Waals surface area (Å²) in [6.07, 6.45) is 0.218. The van der Waals surface area contributed by atoms with Crippen molar-refractivity contribution in [3.8, 4) is 0 Å². The molecular formula is C24H32N4O5. The van der Waals surface area contributed by atoms with Crippen molar-refractivity contribution in [1.29, 1.82) is 0 Å². The molecule has 33 heavy (non-hydrogen) atoms. The van der Waals surface area contributed by atoms with E-state index in [0.717, 1.165) is 10.8 Å². The highest BCUT2D eigenvalue weighted by Gasteiger charge is 2.27. The third-order valence-corrected chi connectivity index (χ3v) is 5.23. The van der Waals surface area contributed by atoms with Gasteiger partial charge in [0.05, 0.1) is 0 Å². The van der Waals surface area contributed by atoms with Gasteiger partial charge in [-0.15, -0.1) is 0 Å². The Hall–Kier alpha value is -3.46. The van der Waals surface area contributed by atoms with E-state index < -0.39 is 41.6 Å². The number of benzene rings is 2. The molecule has 5 N–H and O–H groups in total. The molecule has 0 spiro atoms. The Morgan fingerprint density at radius 3 is 2.09 bits per heavy atom. The summed E-state index contributed by atoms with van der Waals surface area (Å²) in [5.74, 6) is -2.63. The third kappa shape index (κ3) is 7.57. The molecule has 0 radical (unpaired) electrons.